The van der Waals surface area contributed by atoms with Gasteiger partial charge in [0, 0.05) is 19.0 Å². The van der Waals surface area contributed by atoms with Crippen molar-refractivity contribution in [1.29, 1.82) is 0 Å². The molecule has 0 spiro atoms. The molecule has 2 rings (SSSR count). The Morgan fingerprint density at radius 3 is 2.65 bits per heavy atom. The van der Waals surface area contributed by atoms with E-state index in [9.17, 15) is 4.79 Å². The minimum absolute atomic E-state index is 0.121. The van der Waals surface area contributed by atoms with Gasteiger partial charge in [-0.2, -0.15) is 0 Å². The van der Waals surface area contributed by atoms with E-state index in [-0.39, 0.29) is 17.2 Å². The number of nitrogens with one attached hydrogen (secondary N) is 1. The highest BCUT2D eigenvalue weighted by atomic mass is 16.1. The molecule has 1 aliphatic rings. The van der Waals surface area contributed by atoms with Gasteiger partial charge >= 0.3 is 0 Å². The maximum absolute atomic E-state index is 12.4. The van der Waals surface area contributed by atoms with Gasteiger partial charge in [-0.25, -0.2) is 0 Å². The molecule has 0 bridgehead atoms. The standard InChI is InChI=1S/C17H26N2O/c1-17(2)10-6-5-9-15(17)16(20)19-12-14-8-4-3-7-13(14)11-18/h3-4,7-8,15H,5-6,9-12,18H2,1-2H3,(H,19,20). The van der Waals surface area contributed by atoms with Crippen LogP contribution in [0.3, 0.4) is 0 Å². The van der Waals surface area contributed by atoms with Crippen molar-refractivity contribution in [3.8, 4) is 0 Å². The second kappa shape index (κ2) is 6.40. The van der Waals surface area contributed by atoms with E-state index in [1.807, 2.05) is 24.3 Å². The van der Waals surface area contributed by atoms with Crippen LogP contribution in [0, 0.1) is 11.3 Å². The Bertz CT molecular complexity index is 468. The Morgan fingerprint density at radius 2 is 2.00 bits per heavy atom. The van der Waals surface area contributed by atoms with Gasteiger partial charge in [0.05, 0.1) is 0 Å². The van der Waals surface area contributed by atoms with Crippen molar-refractivity contribution >= 4 is 5.91 Å². The largest absolute Gasteiger partial charge is 0.352 e. The Labute approximate surface area is 121 Å². The van der Waals surface area contributed by atoms with E-state index in [1.165, 1.54) is 12.8 Å². The topological polar surface area (TPSA) is 55.1 Å². The molecule has 1 saturated carbocycles. The minimum atomic E-state index is 0.121. The fourth-order valence-corrected chi connectivity index (χ4v) is 3.21. The van der Waals surface area contributed by atoms with Crippen molar-refractivity contribution in [2.24, 2.45) is 17.1 Å². The van der Waals surface area contributed by atoms with Crippen molar-refractivity contribution in [3.05, 3.63) is 35.4 Å². The van der Waals surface area contributed by atoms with Crippen LogP contribution >= 0.6 is 0 Å². The summed E-state index contributed by atoms with van der Waals surface area (Å²) in [5.74, 6) is 0.336. The molecule has 0 aromatic heterocycles. The molecule has 1 aliphatic carbocycles. The quantitative estimate of drug-likeness (QED) is 0.887. The summed E-state index contributed by atoms with van der Waals surface area (Å²) in [6.07, 6.45) is 4.57. The molecule has 0 heterocycles. The van der Waals surface area contributed by atoms with Crippen molar-refractivity contribution in [3.63, 3.8) is 0 Å². The maximum Gasteiger partial charge on any atom is 0.223 e. The number of carbonyl (C=O) groups excluding carboxylic acids is 1. The molecule has 0 aliphatic heterocycles. The lowest BCUT2D eigenvalue weighted by Crippen LogP contribution is -2.40. The summed E-state index contributed by atoms with van der Waals surface area (Å²) in [6.45, 7) is 5.52. The highest BCUT2D eigenvalue weighted by Gasteiger charge is 2.36. The third kappa shape index (κ3) is 3.40. The van der Waals surface area contributed by atoms with Gasteiger partial charge in [0.15, 0.2) is 0 Å². The number of carbonyl (C=O) groups is 1. The van der Waals surface area contributed by atoms with Crippen LogP contribution in [-0.4, -0.2) is 5.91 Å². The Balaban J connectivity index is 1.98. The summed E-state index contributed by atoms with van der Waals surface area (Å²) in [5, 5.41) is 3.10. The van der Waals surface area contributed by atoms with Crippen LogP contribution in [0.2, 0.25) is 0 Å². The highest BCUT2D eigenvalue weighted by molar-refractivity contribution is 5.79. The number of benzene rings is 1. The van der Waals surface area contributed by atoms with Crippen molar-refractivity contribution in [1.82, 2.24) is 5.32 Å². The molecule has 0 saturated heterocycles. The normalized spacial score (nSPS) is 21.4. The van der Waals surface area contributed by atoms with E-state index in [1.54, 1.807) is 0 Å². The Kier molecular flexibility index (Phi) is 4.81. The van der Waals surface area contributed by atoms with Gasteiger partial charge in [-0.15, -0.1) is 0 Å². The van der Waals surface area contributed by atoms with Gasteiger partial charge in [0.25, 0.3) is 0 Å². The number of hydrogen-bond donors (Lipinski definition) is 2. The molecule has 3 nitrogen and oxygen atoms in total. The number of amides is 1. The van der Waals surface area contributed by atoms with E-state index in [4.69, 9.17) is 5.73 Å². The minimum Gasteiger partial charge on any atom is -0.352 e. The number of hydrogen-bond acceptors (Lipinski definition) is 2. The van der Waals surface area contributed by atoms with Crippen LogP contribution in [-0.2, 0) is 17.9 Å². The summed E-state index contributed by atoms with van der Waals surface area (Å²) in [5.41, 5.74) is 8.08. The lowest BCUT2D eigenvalue weighted by molar-refractivity contribution is -0.130. The van der Waals surface area contributed by atoms with Gasteiger partial charge in [0.1, 0.15) is 0 Å². The zero-order chi connectivity index (χ0) is 14.6. The molecule has 110 valence electrons. The monoisotopic (exact) mass is 274 g/mol. The molecule has 1 unspecified atom stereocenters. The van der Waals surface area contributed by atoms with Gasteiger partial charge < -0.3 is 11.1 Å². The van der Waals surface area contributed by atoms with Gasteiger partial charge in [-0.3, -0.25) is 4.79 Å². The molecule has 1 amide bonds. The van der Waals surface area contributed by atoms with E-state index in [0.29, 0.717) is 13.1 Å². The lowest BCUT2D eigenvalue weighted by Gasteiger charge is -2.37. The van der Waals surface area contributed by atoms with E-state index in [0.717, 1.165) is 24.0 Å². The second-order valence-corrected chi connectivity index (χ2v) is 6.48. The molecular weight excluding hydrogens is 248 g/mol. The van der Waals surface area contributed by atoms with Crippen LogP contribution < -0.4 is 11.1 Å². The van der Waals surface area contributed by atoms with Crippen molar-refractivity contribution in [2.75, 3.05) is 0 Å². The zero-order valence-corrected chi connectivity index (χ0v) is 12.6. The zero-order valence-electron chi connectivity index (χ0n) is 12.6. The first-order valence-corrected chi connectivity index (χ1v) is 7.59. The Morgan fingerprint density at radius 1 is 1.30 bits per heavy atom. The van der Waals surface area contributed by atoms with Crippen molar-refractivity contribution in [2.45, 2.75) is 52.6 Å². The number of nitrogens with two attached hydrogens (primary N) is 1. The molecule has 3 N–H and O–H groups in total. The van der Waals surface area contributed by atoms with Crippen LogP contribution in [0.1, 0.15) is 50.7 Å². The first kappa shape index (κ1) is 15.0. The summed E-state index contributed by atoms with van der Waals surface area (Å²) in [6, 6.07) is 8.03. The first-order valence-electron chi connectivity index (χ1n) is 7.59. The summed E-state index contributed by atoms with van der Waals surface area (Å²) in [7, 11) is 0. The smallest absolute Gasteiger partial charge is 0.223 e. The molecule has 3 heteroatoms. The molecule has 1 atom stereocenters. The molecule has 1 aromatic carbocycles. The molecule has 20 heavy (non-hydrogen) atoms. The third-order valence-electron chi connectivity index (χ3n) is 4.62. The SMILES string of the molecule is CC1(C)CCCCC1C(=O)NCc1ccccc1CN. The van der Waals surface area contributed by atoms with Gasteiger partial charge in [-0.05, 0) is 29.4 Å². The molecular formula is C17H26N2O. The fraction of sp³-hybridized carbons (Fsp3) is 0.588. The molecule has 1 fully saturated rings. The summed E-state index contributed by atoms with van der Waals surface area (Å²) in [4.78, 5) is 12.4. The molecule has 0 radical (unpaired) electrons. The predicted octanol–water partition coefficient (Wildman–Crippen LogP) is 2.98. The summed E-state index contributed by atoms with van der Waals surface area (Å²) < 4.78 is 0. The van der Waals surface area contributed by atoms with E-state index < -0.39 is 0 Å². The molecule has 1 aromatic rings. The first-order chi connectivity index (χ1) is 9.54. The predicted molar refractivity (Wildman–Crippen MR) is 81.9 cm³/mol. The highest BCUT2D eigenvalue weighted by Crippen LogP contribution is 2.40. The number of rotatable bonds is 4. The van der Waals surface area contributed by atoms with E-state index in [2.05, 4.69) is 19.2 Å². The third-order valence-corrected chi connectivity index (χ3v) is 4.62. The lowest BCUT2D eigenvalue weighted by atomic mass is 9.68. The average molecular weight is 274 g/mol. The van der Waals surface area contributed by atoms with Crippen molar-refractivity contribution < 1.29 is 4.79 Å². The fourth-order valence-electron chi connectivity index (χ4n) is 3.21. The van der Waals surface area contributed by atoms with Gasteiger partial charge in [0.2, 0.25) is 5.91 Å². The van der Waals surface area contributed by atoms with Crippen LogP contribution in [0.15, 0.2) is 24.3 Å². The second-order valence-electron chi connectivity index (χ2n) is 6.48. The van der Waals surface area contributed by atoms with Crippen LogP contribution in [0.5, 0.6) is 0 Å². The maximum atomic E-state index is 12.4. The van der Waals surface area contributed by atoms with Crippen LogP contribution in [0.25, 0.3) is 0 Å². The van der Waals surface area contributed by atoms with E-state index >= 15 is 0 Å². The van der Waals surface area contributed by atoms with Gasteiger partial charge in [-0.1, -0.05) is 51.0 Å². The average Bonchev–Trinajstić information content (AvgIpc) is 2.44. The summed E-state index contributed by atoms with van der Waals surface area (Å²) >= 11 is 0. The Hall–Kier alpha value is -1.35. The van der Waals surface area contributed by atoms with Crippen LogP contribution in [0.4, 0.5) is 0 Å².